The summed E-state index contributed by atoms with van der Waals surface area (Å²) >= 11 is 0. The maximum Gasteiger partial charge on any atom is 0.271 e. The van der Waals surface area contributed by atoms with Gasteiger partial charge in [0, 0.05) is 44.7 Å². The third-order valence-corrected chi connectivity index (χ3v) is 5.52. The number of aromatic nitrogens is 2. The second-order valence-electron chi connectivity index (χ2n) is 7.33. The minimum atomic E-state index is -0.343. The van der Waals surface area contributed by atoms with Crippen LogP contribution in [-0.2, 0) is 6.54 Å². The van der Waals surface area contributed by atoms with Crippen LogP contribution in [0.2, 0.25) is 0 Å². The molecule has 3 heterocycles. The second-order valence-corrected chi connectivity index (χ2v) is 7.33. The zero-order valence-electron chi connectivity index (χ0n) is 15.4. The number of benzene rings is 1. The average molecular weight is 370 g/mol. The Morgan fingerprint density at radius 3 is 2.52 bits per heavy atom. The summed E-state index contributed by atoms with van der Waals surface area (Å²) in [5, 5.41) is 4.68. The van der Waals surface area contributed by atoms with Crippen LogP contribution in [0.25, 0.3) is 0 Å². The molecule has 0 N–H and O–H groups in total. The summed E-state index contributed by atoms with van der Waals surface area (Å²) in [4.78, 5) is 28.6. The Morgan fingerprint density at radius 2 is 1.81 bits per heavy atom. The zero-order chi connectivity index (χ0) is 19.0. The van der Waals surface area contributed by atoms with E-state index < -0.39 is 0 Å². The Bertz CT molecular complexity index is 853. The van der Waals surface area contributed by atoms with E-state index in [0.717, 1.165) is 38.0 Å². The van der Waals surface area contributed by atoms with E-state index in [1.807, 2.05) is 22.7 Å². The number of halogens is 1. The average Bonchev–Trinajstić information content (AvgIpc) is 3.06. The Balaban J connectivity index is 1.43. The fraction of sp³-hybridized carbons (Fsp3) is 0.450. The maximum absolute atomic E-state index is 13.0. The molecule has 4 rings (SSSR count). The lowest BCUT2D eigenvalue weighted by Gasteiger charge is -2.31. The van der Waals surface area contributed by atoms with Crippen molar-refractivity contribution in [3.63, 3.8) is 0 Å². The number of hydrogen-bond donors (Lipinski definition) is 0. The lowest BCUT2D eigenvalue weighted by molar-refractivity contribution is 0.0711. The van der Waals surface area contributed by atoms with E-state index >= 15 is 0 Å². The van der Waals surface area contributed by atoms with Gasteiger partial charge in [-0.15, -0.1) is 0 Å². The van der Waals surface area contributed by atoms with Gasteiger partial charge >= 0.3 is 0 Å². The first-order valence-corrected chi connectivity index (χ1v) is 9.41. The third kappa shape index (κ3) is 3.46. The number of hydrogen-bond acceptors (Lipinski definition) is 3. The highest BCUT2D eigenvalue weighted by Crippen LogP contribution is 2.29. The molecule has 1 aromatic heterocycles. The Morgan fingerprint density at radius 1 is 1.11 bits per heavy atom. The highest BCUT2D eigenvalue weighted by atomic mass is 19.1. The van der Waals surface area contributed by atoms with E-state index in [1.54, 1.807) is 4.90 Å². The predicted octanol–water partition coefficient (Wildman–Crippen LogP) is 2.52. The van der Waals surface area contributed by atoms with Crippen molar-refractivity contribution in [3.05, 3.63) is 53.1 Å². The van der Waals surface area contributed by atoms with Crippen LogP contribution in [0.1, 0.15) is 51.7 Å². The molecule has 0 aliphatic carbocycles. The first-order valence-electron chi connectivity index (χ1n) is 9.41. The van der Waals surface area contributed by atoms with Crippen LogP contribution in [0, 0.1) is 5.82 Å². The number of carbonyl (C=O) groups excluding carboxylic acids is 2. The molecule has 0 saturated carbocycles. The number of nitrogens with zero attached hydrogens (tertiary/aromatic N) is 4. The van der Waals surface area contributed by atoms with Crippen molar-refractivity contribution < 1.29 is 14.0 Å². The fourth-order valence-electron chi connectivity index (χ4n) is 3.89. The van der Waals surface area contributed by atoms with Crippen molar-refractivity contribution in [1.29, 1.82) is 0 Å². The lowest BCUT2D eigenvalue weighted by Crippen LogP contribution is -2.38. The van der Waals surface area contributed by atoms with Crippen molar-refractivity contribution in [2.24, 2.45) is 0 Å². The van der Waals surface area contributed by atoms with Crippen LogP contribution in [0.5, 0.6) is 0 Å². The summed E-state index contributed by atoms with van der Waals surface area (Å²) in [7, 11) is 1.82. The number of aryl methyl sites for hydroxylation is 1. The van der Waals surface area contributed by atoms with Gasteiger partial charge in [0.25, 0.3) is 11.8 Å². The summed E-state index contributed by atoms with van der Waals surface area (Å²) in [5.41, 5.74) is 2.12. The van der Waals surface area contributed by atoms with Gasteiger partial charge in [-0.1, -0.05) is 0 Å². The summed E-state index contributed by atoms with van der Waals surface area (Å²) in [6.45, 7) is 2.78. The van der Waals surface area contributed by atoms with Gasteiger partial charge in [0.1, 0.15) is 11.5 Å². The normalized spacial score (nSPS) is 18.4. The summed E-state index contributed by atoms with van der Waals surface area (Å²) in [5.74, 6) is -0.133. The lowest BCUT2D eigenvalue weighted by atomic mass is 9.93. The summed E-state index contributed by atoms with van der Waals surface area (Å²) in [6.07, 6.45) is 2.53. The minimum Gasteiger partial charge on any atom is -0.340 e. The van der Waals surface area contributed by atoms with Crippen LogP contribution >= 0.6 is 0 Å². The molecule has 0 radical (unpaired) electrons. The molecule has 2 aliphatic rings. The SMILES string of the molecule is CN1CCCn2nc(C3CCN(C(=O)c4ccc(F)cc4)CC3)cc2C1=O. The van der Waals surface area contributed by atoms with Gasteiger partial charge < -0.3 is 9.80 Å². The molecule has 0 unspecified atom stereocenters. The molecule has 1 saturated heterocycles. The van der Waals surface area contributed by atoms with E-state index in [4.69, 9.17) is 0 Å². The summed E-state index contributed by atoms with van der Waals surface area (Å²) < 4.78 is 14.9. The molecule has 1 aromatic carbocycles. The van der Waals surface area contributed by atoms with E-state index in [0.29, 0.717) is 24.3 Å². The van der Waals surface area contributed by atoms with Crippen molar-refractivity contribution >= 4 is 11.8 Å². The smallest absolute Gasteiger partial charge is 0.271 e. The van der Waals surface area contributed by atoms with Gasteiger partial charge in [-0.05, 0) is 49.6 Å². The number of carbonyl (C=O) groups is 2. The van der Waals surface area contributed by atoms with Gasteiger partial charge in [-0.2, -0.15) is 5.10 Å². The van der Waals surface area contributed by atoms with Crippen molar-refractivity contribution in [2.45, 2.75) is 31.7 Å². The summed E-state index contributed by atoms with van der Waals surface area (Å²) in [6, 6.07) is 7.60. The van der Waals surface area contributed by atoms with Crippen LogP contribution < -0.4 is 0 Å². The van der Waals surface area contributed by atoms with Gasteiger partial charge in [0.15, 0.2) is 0 Å². The Kier molecular flexibility index (Phi) is 4.68. The van der Waals surface area contributed by atoms with Crippen LogP contribution in [0.15, 0.2) is 30.3 Å². The van der Waals surface area contributed by atoms with Gasteiger partial charge in [0.05, 0.1) is 5.69 Å². The molecule has 2 aromatic rings. The molecule has 6 nitrogen and oxygen atoms in total. The van der Waals surface area contributed by atoms with Crippen molar-refractivity contribution in [1.82, 2.24) is 19.6 Å². The highest BCUT2D eigenvalue weighted by Gasteiger charge is 2.29. The highest BCUT2D eigenvalue weighted by molar-refractivity contribution is 5.94. The molecule has 0 spiro atoms. The maximum atomic E-state index is 13.0. The van der Waals surface area contributed by atoms with Crippen LogP contribution in [-0.4, -0.2) is 58.1 Å². The molecule has 0 atom stereocenters. The van der Waals surface area contributed by atoms with Gasteiger partial charge in [0.2, 0.25) is 0 Å². The second kappa shape index (κ2) is 7.13. The standard InChI is InChI=1S/C20H23FN4O2/c1-23-9-2-10-25-18(20(23)27)13-17(22-25)14-7-11-24(12-8-14)19(26)15-3-5-16(21)6-4-15/h3-6,13-14H,2,7-12H2,1H3. The molecule has 2 amide bonds. The zero-order valence-corrected chi connectivity index (χ0v) is 15.4. The molecule has 7 heteroatoms. The van der Waals surface area contributed by atoms with Gasteiger partial charge in [-0.25, -0.2) is 4.39 Å². The van der Waals surface area contributed by atoms with Crippen molar-refractivity contribution in [3.8, 4) is 0 Å². The first kappa shape index (κ1) is 17.7. The van der Waals surface area contributed by atoms with Gasteiger partial charge in [-0.3, -0.25) is 14.3 Å². The first-order chi connectivity index (χ1) is 13.0. The van der Waals surface area contributed by atoms with E-state index in [9.17, 15) is 14.0 Å². The number of rotatable bonds is 2. The molecule has 1 fully saturated rings. The van der Waals surface area contributed by atoms with E-state index in [-0.39, 0.29) is 23.5 Å². The largest absolute Gasteiger partial charge is 0.340 e. The quantitative estimate of drug-likeness (QED) is 0.816. The molecular formula is C20H23FN4O2. The Labute approximate surface area is 157 Å². The number of amides is 2. The molecule has 2 aliphatic heterocycles. The molecule has 27 heavy (non-hydrogen) atoms. The van der Waals surface area contributed by atoms with Crippen LogP contribution in [0.4, 0.5) is 4.39 Å². The fourth-order valence-corrected chi connectivity index (χ4v) is 3.89. The minimum absolute atomic E-state index is 0.0233. The topological polar surface area (TPSA) is 58.4 Å². The predicted molar refractivity (Wildman–Crippen MR) is 98.1 cm³/mol. The van der Waals surface area contributed by atoms with Crippen LogP contribution in [0.3, 0.4) is 0 Å². The third-order valence-electron chi connectivity index (χ3n) is 5.52. The number of likely N-dealkylation sites (tertiary alicyclic amines) is 1. The number of fused-ring (bicyclic) bond motifs is 1. The Hall–Kier alpha value is -2.70. The molecule has 142 valence electrons. The van der Waals surface area contributed by atoms with E-state index in [1.165, 1.54) is 24.3 Å². The van der Waals surface area contributed by atoms with Crippen molar-refractivity contribution in [2.75, 3.05) is 26.7 Å². The monoisotopic (exact) mass is 370 g/mol. The van der Waals surface area contributed by atoms with E-state index in [2.05, 4.69) is 5.10 Å². The number of piperidine rings is 1. The molecular weight excluding hydrogens is 347 g/mol. The molecule has 0 bridgehead atoms.